The number of halogens is 4. The first-order chi connectivity index (χ1) is 23.9. The highest BCUT2D eigenvalue weighted by molar-refractivity contribution is 7.92. The Morgan fingerprint density at radius 2 is 1.53 bits per heavy atom. The van der Waals surface area contributed by atoms with Gasteiger partial charge >= 0.3 is 6.18 Å². The molecule has 1 amide bonds. The van der Waals surface area contributed by atoms with Crippen LogP contribution in [0.25, 0.3) is 11.1 Å². The van der Waals surface area contributed by atoms with Gasteiger partial charge in [-0.3, -0.25) is 9.52 Å². The highest BCUT2D eigenvalue weighted by atomic mass is 32.2. The van der Waals surface area contributed by atoms with E-state index in [1.54, 1.807) is 48.5 Å². The fourth-order valence-electron chi connectivity index (χ4n) is 6.08. The summed E-state index contributed by atoms with van der Waals surface area (Å²) in [6.07, 6.45) is -4.24. The predicted molar refractivity (Wildman–Crippen MR) is 182 cm³/mol. The molecule has 0 saturated carbocycles. The van der Waals surface area contributed by atoms with Crippen molar-refractivity contribution in [2.45, 2.75) is 35.9 Å². The highest BCUT2D eigenvalue weighted by Gasteiger charge is 2.46. The van der Waals surface area contributed by atoms with Gasteiger partial charge in [0.05, 0.1) is 28.3 Å². The van der Waals surface area contributed by atoms with Gasteiger partial charge in [-0.2, -0.15) is 22.7 Å². The minimum atomic E-state index is -4.90. The second-order valence-corrected chi connectivity index (χ2v) is 15.9. The van der Waals surface area contributed by atoms with Gasteiger partial charge in [0.1, 0.15) is 11.4 Å². The molecule has 0 aliphatic carbocycles. The average Bonchev–Trinajstić information content (AvgIpc) is 3.07. The van der Waals surface area contributed by atoms with E-state index < -0.39 is 60.6 Å². The van der Waals surface area contributed by atoms with Crippen molar-refractivity contribution in [2.75, 3.05) is 29.4 Å². The minimum absolute atomic E-state index is 0.00951. The van der Waals surface area contributed by atoms with Crippen molar-refractivity contribution in [3.8, 4) is 17.2 Å². The monoisotopic (exact) mass is 744 g/mol. The number of nitriles is 1. The van der Waals surface area contributed by atoms with Crippen molar-refractivity contribution in [1.29, 1.82) is 5.26 Å². The molecule has 0 bridgehead atoms. The van der Waals surface area contributed by atoms with E-state index in [0.29, 0.717) is 28.4 Å². The van der Waals surface area contributed by atoms with Crippen LogP contribution in [0.3, 0.4) is 0 Å². The number of aliphatic hydroxyl groups is 1. The van der Waals surface area contributed by atoms with E-state index in [9.17, 15) is 49.6 Å². The lowest BCUT2D eigenvalue weighted by atomic mass is 9.76. The zero-order valence-corrected chi connectivity index (χ0v) is 28.6. The molecule has 0 spiro atoms. The van der Waals surface area contributed by atoms with Crippen LogP contribution in [0.4, 0.5) is 28.9 Å². The number of amides is 1. The zero-order chi connectivity index (χ0) is 37.2. The van der Waals surface area contributed by atoms with Crippen LogP contribution >= 0.6 is 0 Å². The van der Waals surface area contributed by atoms with Crippen LogP contribution < -0.4 is 10.0 Å². The average molecular weight is 745 g/mol. The second kappa shape index (κ2) is 14.4. The molecular weight excluding hydrogens is 713 g/mol. The van der Waals surface area contributed by atoms with E-state index in [0.717, 1.165) is 47.0 Å². The molecule has 1 unspecified atom stereocenters. The van der Waals surface area contributed by atoms with Gasteiger partial charge in [-0.15, -0.1) is 0 Å². The third kappa shape index (κ3) is 8.74. The van der Waals surface area contributed by atoms with Crippen molar-refractivity contribution in [3.63, 3.8) is 0 Å². The summed E-state index contributed by atoms with van der Waals surface area (Å²) in [5.41, 5.74) is -2.54. The number of sulfonamides is 2. The SMILES string of the molecule is CS(=O)(=O)Nc1cccc(-c2cccc(CC(O)(C(=O)Nc3ccc(C#N)c(C(F)(F)F)c3)C3CCN(S(=O)(=O)c4ccc(F)cc4)CC3)c2)c1. The van der Waals surface area contributed by atoms with Gasteiger partial charge in [-0.25, -0.2) is 21.2 Å². The quantitative estimate of drug-likeness (QED) is 0.174. The third-order valence-corrected chi connectivity index (χ3v) is 11.1. The summed E-state index contributed by atoms with van der Waals surface area (Å²) in [6.45, 7) is -0.232. The Morgan fingerprint density at radius 1 is 0.902 bits per heavy atom. The van der Waals surface area contributed by atoms with E-state index in [1.807, 2.05) is 0 Å². The number of alkyl halides is 3. The number of anilines is 2. The van der Waals surface area contributed by atoms with Crippen LogP contribution in [-0.4, -0.2) is 57.1 Å². The summed E-state index contributed by atoms with van der Waals surface area (Å²) in [6, 6.07) is 21.6. The topological polar surface area (TPSA) is 157 Å². The predicted octanol–water partition coefficient (Wildman–Crippen LogP) is 5.77. The van der Waals surface area contributed by atoms with Crippen molar-refractivity contribution >= 4 is 37.3 Å². The van der Waals surface area contributed by atoms with Crippen LogP contribution in [0.1, 0.15) is 29.5 Å². The molecule has 51 heavy (non-hydrogen) atoms. The molecule has 268 valence electrons. The number of nitrogens with zero attached hydrogens (tertiary/aromatic N) is 2. The fourth-order valence-corrected chi connectivity index (χ4v) is 8.11. The van der Waals surface area contributed by atoms with Gasteiger partial charge in [-0.05, 0) is 90.0 Å². The Hall–Kier alpha value is -4.82. The van der Waals surface area contributed by atoms with Crippen molar-refractivity contribution in [1.82, 2.24) is 4.31 Å². The number of benzene rings is 4. The maximum Gasteiger partial charge on any atom is 0.417 e. The van der Waals surface area contributed by atoms with Crippen molar-refractivity contribution in [3.05, 3.63) is 114 Å². The molecule has 5 rings (SSSR count). The number of hydrogen-bond donors (Lipinski definition) is 3. The molecule has 1 saturated heterocycles. The van der Waals surface area contributed by atoms with E-state index in [4.69, 9.17) is 0 Å². The van der Waals surface area contributed by atoms with Gasteiger partial charge in [0.15, 0.2) is 0 Å². The molecule has 16 heteroatoms. The first-order valence-electron chi connectivity index (χ1n) is 15.5. The Kier molecular flexibility index (Phi) is 10.6. The summed E-state index contributed by atoms with van der Waals surface area (Å²) in [5.74, 6) is -2.52. The van der Waals surface area contributed by atoms with Gasteiger partial charge < -0.3 is 10.4 Å². The fraction of sp³-hybridized carbons (Fsp3) is 0.257. The largest absolute Gasteiger partial charge is 0.417 e. The molecule has 0 aromatic heterocycles. The van der Waals surface area contributed by atoms with E-state index in [1.165, 1.54) is 6.07 Å². The molecule has 1 heterocycles. The molecule has 1 aliphatic rings. The lowest BCUT2D eigenvalue weighted by molar-refractivity contribution is -0.142. The van der Waals surface area contributed by atoms with Crippen LogP contribution in [0.5, 0.6) is 0 Å². The standard InChI is InChI=1S/C35H32F4N4O6S2/c1-50(46,47)42-30-7-3-6-25(19-30)24-5-2-4-23(18-24)21-34(45,33(44)41-29-11-8-26(22-40)32(20-29)35(37,38)39)27-14-16-43(17-15-27)51(48,49)31-12-9-28(36)10-13-31/h2-13,18-20,27,42,45H,14-17,21H2,1H3,(H,41,44). The van der Waals surface area contributed by atoms with Crippen LogP contribution in [0.2, 0.25) is 0 Å². The molecule has 1 atom stereocenters. The Balaban J connectivity index is 1.46. The summed E-state index contributed by atoms with van der Waals surface area (Å²) < 4.78 is 108. The number of carbonyl (C=O) groups is 1. The summed E-state index contributed by atoms with van der Waals surface area (Å²) in [4.78, 5) is 13.8. The van der Waals surface area contributed by atoms with E-state index in [2.05, 4.69) is 10.0 Å². The lowest BCUT2D eigenvalue weighted by Gasteiger charge is -2.40. The molecule has 1 aliphatic heterocycles. The summed E-state index contributed by atoms with van der Waals surface area (Å²) in [5, 5.41) is 23.8. The molecular formula is C35H32F4N4O6S2. The number of piperidine rings is 1. The summed E-state index contributed by atoms with van der Waals surface area (Å²) >= 11 is 0. The molecule has 3 N–H and O–H groups in total. The lowest BCUT2D eigenvalue weighted by Crippen LogP contribution is -2.54. The van der Waals surface area contributed by atoms with Gasteiger partial charge in [0, 0.05) is 30.9 Å². The Morgan fingerprint density at radius 3 is 2.14 bits per heavy atom. The molecule has 4 aromatic rings. The highest BCUT2D eigenvalue weighted by Crippen LogP contribution is 2.37. The first kappa shape index (κ1) is 37.4. The molecule has 4 aromatic carbocycles. The van der Waals surface area contributed by atoms with Crippen molar-refractivity contribution < 1.29 is 44.3 Å². The van der Waals surface area contributed by atoms with Crippen molar-refractivity contribution in [2.24, 2.45) is 5.92 Å². The van der Waals surface area contributed by atoms with Crippen LogP contribution in [-0.2, 0) is 37.4 Å². The number of hydrogen-bond acceptors (Lipinski definition) is 7. The smallest absolute Gasteiger partial charge is 0.379 e. The minimum Gasteiger partial charge on any atom is -0.379 e. The number of nitrogens with one attached hydrogen (secondary N) is 2. The van der Waals surface area contributed by atoms with E-state index in [-0.39, 0.29) is 42.9 Å². The second-order valence-electron chi connectivity index (χ2n) is 12.2. The maximum absolute atomic E-state index is 14.0. The van der Waals surface area contributed by atoms with E-state index >= 15 is 0 Å². The molecule has 0 radical (unpaired) electrons. The maximum atomic E-state index is 14.0. The van der Waals surface area contributed by atoms with Crippen LogP contribution in [0.15, 0.2) is 95.9 Å². The zero-order valence-electron chi connectivity index (χ0n) is 27.0. The molecule has 10 nitrogen and oxygen atoms in total. The third-order valence-electron chi connectivity index (χ3n) is 8.58. The van der Waals surface area contributed by atoms with Crippen LogP contribution in [0, 0.1) is 23.1 Å². The number of carbonyl (C=O) groups excluding carboxylic acids is 1. The number of rotatable bonds is 10. The Labute approximate surface area is 292 Å². The summed E-state index contributed by atoms with van der Waals surface area (Å²) in [7, 11) is -7.61. The molecule has 1 fully saturated rings. The van der Waals surface area contributed by atoms with Gasteiger partial charge in [0.25, 0.3) is 5.91 Å². The Bertz CT molecular complexity index is 2200. The first-order valence-corrected chi connectivity index (χ1v) is 18.8. The van der Waals surface area contributed by atoms with Gasteiger partial charge in [-0.1, -0.05) is 36.4 Å². The van der Waals surface area contributed by atoms with Gasteiger partial charge in [0.2, 0.25) is 20.0 Å². The normalized spacial score (nSPS) is 15.8.